The molecule has 0 atom stereocenters. The summed E-state index contributed by atoms with van der Waals surface area (Å²) in [6.45, 7) is 7.19. The van der Waals surface area contributed by atoms with Gasteiger partial charge in [-0.25, -0.2) is 0 Å². The normalized spacial score (nSPS) is 11.0. The molecule has 0 aliphatic carbocycles. The van der Waals surface area contributed by atoms with Gasteiger partial charge in [0.05, 0.1) is 0 Å². The third-order valence-electron chi connectivity index (χ3n) is 0.300. The molecule has 0 unspecified atom stereocenters. The summed E-state index contributed by atoms with van der Waals surface area (Å²) in [5.74, 6) is 0. The van der Waals surface area contributed by atoms with Crippen molar-refractivity contribution in [1.82, 2.24) is 0 Å². The van der Waals surface area contributed by atoms with E-state index in [4.69, 9.17) is 0 Å². The fourth-order valence-corrected chi connectivity index (χ4v) is 0. The first-order chi connectivity index (χ1) is 2.56. The summed E-state index contributed by atoms with van der Waals surface area (Å²) in [5, 5.41) is 1.72. The molecular weight excluding hydrogens is 276 g/mol. The average Bonchev–Trinajstić information content (AvgIpc) is 1.35. The molecule has 0 aliphatic rings. The Morgan fingerprint density at radius 3 is 1.50 bits per heavy atom. The number of rotatable bonds is 0. The zero-order chi connectivity index (χ0) is 5.21. The van der Waals surface area contributed by atoms with Crippen molar-refractivity contribution >= 4 is 13.1 Å². The molecule has 0 fully saturated rings. The van der Waals surface area contributed by atoms with Crippen molar-refractivity contribution < 1.29 is 19.8 Å². The van der Waals surface area contributed by atoms with Gasteiger partial charge in [-0.15, -0.1) is 0 Å². The molecule has 0 radical (unpaired) electrons. The van der Waals surface area contributed by atoms with Crippen LogP contribution in [0.1, 0.15) is 0 Å². The molecule has 0 aliphatic heterocycles. The minimum atomic E-state index is -0.610. The molecule has 0 heterocycles. The quantitative estimate of drug-likeness (QED) is 0.473. The van der Waals surface area contributed by atoms with Crippen LogP contribution in [0.4, 0.5) is 0 Å². The van der Waals surface area contributed by atoms with Crippen LogP contribution in [0.3, 0.4) is 0 Å². The molecule has 0 saturated heterocycles. The van der Waals surface area contributed by atoms with Crippen LogP contribution >= 0.6 is 5.33 Å². The molecule has 3 heteroatoms. The van der Waals surface area contributed by atoms with Crippen molar-refractivity contribution in [3.63, 3.8) is 0 Å². The Morgan fingerprint density at radius 2 is 1.50 bits per heavy atom. The topological polar surface area (TPSA) is 0 Å². The zero-order valence-corrected chi connectivity index (χ0v) is 9.50. The van der Waals surface area contributed by atoms with Crippen molar-refractivity contribution in [2.45, 2.75) is 19.6 Å². The standard InChI is InChI=1S/C3H9PSi.Ta/c1-5(2,3)4;/h1-3H3;/q+1;. The SMILES string of the molecule is C[Si](C)(C)[P+]#[Ta]. The van der Waals surface area contributed by atoms with E-state index in [9.17, 15) is 0 Å². The first kappa shape index (κ1) is 7.39. The Bertz CT molecular complexity index is 77.8. The summed E-state index contributed by atoms with van der Waals surface area (Å²) in [4.78, 5) is 0. The van der Waals surface area contributed by atoms with Crippen LogP contribution in [0.2, 0.25) is 19.6 Å². The molecule has 0 saturated carbocycles. The van der Waals surface area contributed by atoms with Gasteiger partial charge in [-0.1, -0.05) is 0 Å². The molecular formula is C3H9PSiTa+. The third kappa shape index (κ3) is 5.39. The second-order valence-corrected chi connectivity index (χ2v) is 17.9. The second kappa shape index (κ2) is 2.64. The fourth-order valence-electron chi connectivity index (χ4n) is 0. The van der Waals surface area contributed by atoms with E-state index in [2.05, 4.69) is 19.6 Å². The number of hydrogen-bond donors (Lipinski definition) is 0. The average molecular weight is 285 g/mol. The van der Waals surface area contributed by atoms with Crippen LogP contribution in [-0.2, 0) is 19.8 Å². The van der Waals surface area contributed by atoms with Gasteiger partial charge in [-0.2, -0.15) is 0 Å². The van der Waals surface area contributed by atoms with Crippen LogP contribution in [0.25, 0.3) is 0 Å². The summed E-state index contributed by atoms with van der Waals surface area (Å²) in [6.07, 6.45) is 0. The Labute approximate surface area is 52.6 Å². The second-order valence-electron chi connectivity index (χ2n) is 2.27. The van der Waals surface area contributed by atoms with E-state index in [0.717, 1.165) is 0 Å². The van der Waals surface area contributed by atoms with Gasteiger partial charge in [-0.3, -0.25) is 0 Å². The Morgan fingerprint density at radius 1 is 1.33 bits per heavy atom. The molecule has 0 spiro atoms. The first-order valence-electron chi connectivity index (χ1n) is 1.92. The van der Waals surface area contributed by atoms with Crippen molar-refractivity contribution in [2.75, 3.05) is 0 Å². The van der Waals surface area contributed by atoms with Crippen molar-refractivity contribution in [3.8, 4) is 0 Å². The van der Waals surface area contributed by atoms with Gasteiger partial charge in [0.2, 0.25) is 0 Å². The van der Waals surface area contributed by atoms with Crippen LogP contribution in [0, 0.1) is 0 Å². The Hall–Kier alpha value is 1.39. The monoisotopic (exact) mass is 285 g/mol. The van der Waals surface area contributed by atoms with Crippen LogP contribution in [-0.4, -0.2) is 7.74 Å². The van der Waals surface area contributed by atoms with Crippen molar-refractivity contribution in [1.29, 1.82) is 0 Å². The van der Waals surface area contributed by atoms with Gasteiger partial charge >= 0.3 is 52.5 Å². The molecule has 0 aromatic rings. The molecule has 0 amide bonds. The van der Waals surface area contributed by atoms with Crippen LogP contribution in [0.5, 0.6) is 0 Å². The van der Waals surface area contributed by atoms with Gasteiger partial charge in [0.25, 0.3) is 0 Å². The maximum atomic E-state index is 2.40. The molecule has 0 aromatic carbocycles. The molecule has 6 heavy (non-hydrogen) atoms. The molecule has 0 aromatic heterocycles. The van der Waals surface area contributed by atoms with Gasteiger partial charge in [-0.05, 0) is 0 Å². The minimum absolute atomic E-state index is 0.610. The molecule has 34 valence electrons. The van der Waals surface area contributed by atoms with E-state index in [1.807, 2.05) is 0 Å². The maximum absolute atomic E-state index is 2.40. The molecule has 0 rings (SSSR count). The number of hydrogen-bond acceptors (Lipinski definition) is 0. The van der Waals surface area contributed by atoms with Gasteiger partial charge in [0, 0.05) is 0 Å². The van der Waals surface area contributed by atoms with E-state index >= 15 is 0 Å². The van der Waals surface area contributed by atoms with E-state index in [0.29, 0.717) is 0 Å². The summed E-state index contributed by atoms with van der Waals surface area (Å²) in [6, 6.07) is 0. The summed E-state index contributed by atoms with van der Waals surface area (Å²) >= 11 is 1.55. The van der Waals surface area contributed by atoms with E-state index < -0.39 is 7.74 Å². The summed E-state index contributed by atoms with van der Waals surface area (Å²) in [7, 11) is -0.610. The van der Waals surface area contributed by atoms with Gasteiger partial charge in [0.15, 0.2) is 0 Å². The van der Waals surface area contributed by atoms with Gasteiger partial charge in [0.1, 0.15) is 0 Å². The molecule has 0 nitrogen and oxygen atoms in total. The fraction of sp³-hybridized carbons (Fsp3) is 1.00. The summed E-state index contributed by atoms with van der Waals surface area (Å²) < 4.78 is 0. The van der Waals surface area contributed by atoms with Crippen molar-refractivity contribution in [3.05, 3.63) is 0 Å². The van der Waals surface area contributed by atoms with E-state index in [1.165, 1.54) is 0 Å². The Balaban J connectivity index is 3.55. The predicted octanol–water partition coefficient (Wildman–Crippen LogP) is 2.23. The Kier molecular flexibility index (Phi) is 3.24. The van der Waals surface area contributed by atoms with Gasteiger partial charge < -0.3 is 0 Å². The molecule has 0 bridgehead atoms. The first-order valence-corrected chi connectivity index (χ1v) is 11.4. The van der Waals surface area contributed by atoms with E-state index in [1.54, 1.807) is 25.1 Å². The van der Waals surface area contributed by atoms with Crippen molar-refractivity contribution in [2.24, 2.45) is 0 Å². The third-order valence-corrected chi connectivity index (χ3v) is 22.1. The van der Waals surface area contributed by atoms with Crippen LogP contribution in [0.15, 0.2) is 0 Å². The van der Waals surface area contributed by atoms with Crippen LogP contribution < -0.4 is 0 Å². The predicted molar refractivity (Wildman–Crippen MR) is 30.3 cm³/mol. The zero-order valence-electron chi connectivity index (χ0n) is 4.39. The summed E-state index contributed by atoms with van der Waals surface area (Å²) in [5.41, 5.74) is 0. The van der Waals surface area contributed by atoms with E-state index in [-0.39, 0.29) is 0 Å². The molecule has 0 N–H and O–H groups in total.